The highest BCUT2D eigenvalue weighted by atomic mass is 19.4. The minimum Gasteiger partial charge on any atom is -0.377 e. The van der Waals surface area contributed by atoms with Crippen LogP contribution in [0.15, 0.2) is 18.3 Å². The zero-order valence-corrected chi connectivity index (χ0v) is 9.71. The molecule has 0 unspecified atom stereocenters. The molecule has 1 aromatic rings. The molecule has 0 fully saturated rings. The van der Waals surface area contributed by atoms with Crippen LogP contribution in [0.2, 0.25) is 0 Å². The van der Waals surface area contributed by atoms with Gasteiger partial charge in [0.05, 0.1) is 18.3 Å². The molecule has 0 atom stereocenters. The highest BCUT2D eigenvalue weighted by Crippen LogP contribution is 2.28. The smallest absolute Gasteiger partial charge is 0.377 e. The summed E-state index contributed by atoms with van der Waals surface area (Å²) in [5, 5.41) is 2.88. The van der Waals surface area contributed by atoms with Gasteiger partial charge >= 0.3 is 6.18 Å². The first-order valence-electron chi connectivity index (χ1n) is 5.28. The highest BCUT2D eigenvalue weighted by Gasteiger charge is 2.30. The van der Waals surface area contributed by atoms with Gasteiger partial charge in [-0.2, -0.15) is 13.2 Å². The van der Waals surface area contributed by atoms with Gasteiger partial charge in [-0.25, -0.2) is 4.98 Å². The Bertz CT molecular complexity index is 336. The molecule has 1 heterocycles. The van der Waals surface area contributed by atoms with Crippen molar-refractivity contribution in [3.63, 3.8) is 0 Å². The molecule has 0 aliphatic rings. The number of pyridine rings is 1. The lowest BCUT2D eigenvalue weighted by atomic mass is 10.3. The Morgan fingerprint density at radius 2 is 2.06 bits per heavy atom. The number of ether oxygens (including phenoxy) is 1. The van der Waals surface area contributed by atoms with E-state index in [4.69, 9.17) is 4.74 Å². The van der Waals surface area contributed by atoms with Crippen molar-refractivity contribution in [2.24, 2.45) is 0 Å². The molecule has 1 rings (SSSR count). The van der Waals surface area contributed by atoms with Crippen molar-refractivity contribution in [2.45, 2.75) is 26.1 Å². The SMILES string of the molecule is CC(C)OCCNc1ccc(C(F)(F)F)cn1. The van der Waals surface area contributed by atoms with E-state index in [1.807, 2.05) is 13.8 Å². The number of halogens is 3. The van der Waals surface area contributed by atoms with Crippen LogP contribution in [0.1, 0.15) is 19.4 Å². The van der Waals surface area contributed by atoms with Crippen molar-refractivity contribution < 1.29 is 17.9 Å². The number of nitrogens with one attached hydrogen (secondary N) is 1. The van der Waals surface area contributed by atoms with E-state index in [2.05, 4.69) is 10.3 Å². The van der Waals surface area contributed by atoms with Crippen molar-refractivity contribution in [3.8, 4) is 0 Å². The Balaban J connectivity index is 2.41. The van der Waals surface area contributed by atoms with Gasteiger partial charge in [0, 0.05) is 12.7 Å². The van der Waals surface area contributed by atoms with Crippen LogP contribution in [0.4, 0.5) is 19.0 Å². The number of anilines is 1. The van der Waals surface area contributed by atoms with Gasteiger partial charge in [0.15, 0.2) is 0 Å². The number of nitrogens with zero attached hydrogens (tertiary/aromatic N) is 1. The number of hydrogen-bond acceptors (Lipinski definition) is 3. The van der Waals surface area contributed by atoms with Crippen LogP contribution >= 0.6 is 0 Å². The summed E-state index contributed by atoms with van der Waals surface area (Å²) in [7, 11) is 0. The first kappa shape index (κ1) is 13.8. The molecule has 3 nitrogen and oxygen atoms in total. The topological polar surface area (TPSA) is 34.1 Å². The molecule has 0 spiro atoms. The van der Waals surface area contributed by atoms with E-state index < -0.39 is 11.7 Å². The third-order valence-electron chi connectivity index (χ3n) is 1.95. The summed E-state index contributed by atoms with van der Waals surface area (Å²) in [6.07, 6.45) is -3.39. The second kappa shape index (κ2) is 5.86. The average molecular weight is 248 g/mol. The van der Waals surface area contributed by atoms with Crippen molar-refractivity contribution in [3.05, 3.63) is 23.9 Å². The second-order valence-electron chi connectivity index (χ2n) is 3.78. The zero-order chi connectivity index (χ0) is 12.9. The summed E-state index contributed by atoms with van der Waals surface area (Å²) >= 11 is 0. The van der Waals surface area contributed by atoms with Gasteiger partial charge in [0.2, 0.25) is 0 Å². The molecule has 6 heteroatoms. The molecule has 0 saturated carbocycles. The maximum Gasteiger partial charge on any atom is 0.417 e. The first-order chi connectivity index (χ1) is 7.89. The first-order valence-corrected chi connectivity index (χ1v) is 5.28. The molecule has 0 radical (unpaired) electrons. The average Bonchev–Trinajstić information content (AvgIpc) is 2.23. The summed E-state index contributed by atoms with van der Waals surface area (Å²) in [6.45, 7) is 4.82. The van der Waals surface area contributed by atoms with Crippen LogP contribution in [0.3, 0.4) is 0 Å². The summed E-state index contributed by atoms with van der Waals surface area (Å²) in [5.41, 5.74) is -0.749. The zero-order valence-electron chi connectivity index (χ0n) is 9.71. The van der Waals surface area contributed by atoms with Crippen LogP contribution in [-0.2, 0) is 10.9 Å². The molecule has 1 N–H and O–H groups in total. The van der Waals surface area contributed by atoms with Gasteiger partial charge in [-0.3, -0.25) is 0 Å². The predicted octanol–water partition coefficient (Wildman–Crippen LogP) is 2.94. The second-order valence-corrected chi connectivity index (χ2v) is 3.78. The Hall–Kier alpha value is -1.30. The van der Waals surface area contributed by atoms with E-state index in [1.54, 1.807) is 0 Å². The molecule has 17 heavy (non-hydrogen) atoms. The number of alkyl halides is 3. The quantitative estimate of drug-likeness (QED) is 0.813. The van der Waals surface area contributed by atoms with Gasteiger partial charge < -0.3 is 10.1 Å². The van der Waals surface area contributed by atoms with Gasteiger partial charge in [-0.1, -0.05) is 0 Å². The Morgan fingerprint density at radius 1 is 1.35 bits per heavy atom. The van der Waals surface area contributed by atoms with Crippen LogP contribution in [-0.4, -0.2) is 24.2 Å². The molecule has 0 amide bonds. The Kier molecular flexibility index (Phi) is 4.74. The van der Waals surface area contributed by atoms with Gasteiger partial charge in [0.1, 0.15) is 5.82 Å². The largest absolute Gasteiger partial charge is 0.417 e. The lowest BCUT2D eigenvalue weighted by molar-refractivity contribution is -0.137. The monoisotopic (exact) mass is 248 g/mol. The lowest BCUT2D eigenvalue weighted by Crippen LogP contribution is -2.14. The van der Waals surface area contributed by atoms with Gasteiger partial charge in [-0.05, 0) is 26.0 Å². The predicted molar refractivity (Wildman–Crippen MR) is 58.8 cm³/mol. The molecule has 0 saturated heterocycles. The molecule has 0 aliphatic heterocycles. The Morgan fingerprint density at radius 3 is 2.53 bits per heavy atom. The minimum atomic E-state index is -4.34. The van der Waals surface area contributed by atoms with E-state index in [0.717, 1.165) is 12.3 Å². The third-order valence-corrected chi connectivity index (χ3v) is 1.95. The van der Waals surface area contributed by atoms with Crippen molar-refractivity contribution in [1.29, 1.82) is 0 Å². The summed E-state index contributed by atoms with van der Waals surface area (Å²) in [5.74, 6) is 0.408. The minimum absolute atomic E-state index is 0.136. The van der Waals surface area contributed by atoms with Crippen molar-refractivity contribution in [1.82, 2.24) is 4.98 Å². The van der Waals surface area contributed by atoms with Crippen LogP contribution in [0.25, 0.3) is 0 Å². The standard InChI is InChI=1S/C11H15F3N2O/c1-8(2)17-6-5-15-10-4-3-9(7-16-10)11(12,13)14/h3-4,7-8H,5-6H2,1-2H3,(H,15,16). The summed E-state index contributed by atoms with van der Waals surface area (Å²) < 4.78 is 42.0. The summed E-state index contributed by atoms with van der Waals surface area (Å²) in [6, 6.07) is 2.30. The van der Waals surface area contributed by atoms with E-state index in [9.17, 15) is 13.2 Å². The highest BCUT2D eigenvalue weighted by molar-refractivity contribution is 5.35. The van der Waals surface area contributed by atoms with E-state index in [1.165, 1.54) is 6.07 Å². The maximum atomic E-state index is 12.2. The normalized spacial score (nSPS) is 11.9. The van der Waals surface area contributed by atoms with Crippen LogP contribution in [0, 0.1) is 0 Å². The van der Waals surface area contributed by atoms with Crippen molar-refractivity contribution in [2.75, 3.05) is 18.5 Å². The fraction of sp³-hybridized carbons (Fsp3) is 0.545. The lowest BCUT2D eigenvalue weighted by Gasteiger charge is -2.10. The molecule has 0 aliphatic carbocycles. The van der Waals surface area contributed by atoms with Crippen LogP contribution < -0.4 is 5.32 Å². The van der Waals surface area contributed by atoms with E-state index in [0.29, 0.717) is 19.0 Å². The third kappa shape index (κ3) is 5.04. The fourth-order valence-electron chi connectivity index (χ4n) is 1.14. The van der Waals surface area contributed by atoms with Crippen LogP contribution in [0.5, 0.6) is 0 Å². The summed E-state index contributed by atoms with van der Waals surface area (Å²) in [4.78, 5) is 3.68. The fourth-order valence-corrected chi connectivity index (χ4v) is 1.14. The number of hydrogen-bond donors (Lipinski definition) is 1. The molecular formula is C11H15F3N2O. The van der Waals surface area contributed by atoms with E-state index in [-0.39, 0.29) is 6.10 Å². The molecule has 0 bridgehead atoms. The molecule has 0 aromatic carbocycles. The molecule has 96 valence electrons. The Labute approximate surface area is 98.0 Å². The molecular weight excluding hydrogens is 233 g/mol. The van der Waals surface area contributed by atoms with Gasteiger partial charge in [0.25, 0.3) is 0 Å². The number of aromatic nitrogens is 1. The number of rotatable bonds is 5. The van der Waals surface area contributed by atoms with E-state index >= 15 is 0 Å². The maximum absolute atomic E-state index is 12.2. The van der Waals surface area contributed by atoms with Gasteiger partial charge in [-0.15, -0.1) is 0 Å². The van der Waals surface area contributed by atoms with Crippen molar-refractivity contribution >= 4 is 5.82 Å². The molecule has 1 aromatic heterocycles.